The molecule has 1 aromatic rings. The van der Waals surface area contributed by atoms with Crippen molar-refractivity contribution in [1.82, 2.24) is 10.2 Å². The Morgan fingerprint density at radius 3 is 2.36 bits per heavy atom. The highest BCUT2D eigenvalue weighted by molar-refractivity contribution is 7.92. The molecule has 0 spiro atoms. The second kappa shape index (κ2) is 7.64. The van der Waals surface area contributed by atoms with E-state index in [1.54, 1.807) is 0 Å². The molecule has 2 unspecified atom stereocenters. The molecule has 25 heavy (non-hydrogen) atoms. The largest absolute Gasteiger partial charge is 0.338 e. The standard InChI is InChI=1S/C18H26N2O3S.ClH/c1-14-12-16(15-6-4-3-5-7-15)13-20(14)17(21)18(24(2,22)23)8-10-19-11-9-18;/h3-7,14,16,19H,8-13H2,1-2H3;1H. The number of hydrogen-bond donors (Lipinski definition) is 1. The first-order chi connectivity index (χ1) is 11.3. The summed E-state index contributed by atoms with van der Waals surface area (Å²) in [6, 6.07) is 10.2. The fourth-order valence-electron chi connectivity index (χ4n) is 4.12. The van der Waals surface area contributed by atoms with Gasteiger partial charge in [-0.25, -0.2) is 8.42 Å². The summed E-state index contributed by atoms with van der Waals surface area (Å²) in [4.78, 5) is 15.1. The van der Waals surface area contributed by atoms with Crippen molar-refractivity contribution in [2.75, 3.05) is 25.9 Å². The van der Waals surface area contributed by atoms with Crippen LogP contribution in [0, 0.1) is 0 Å². The highest BCUT2D eigenvalue weighted by atomic mass is 35.5. The average molecular weight is 387 g/mol. The summed E-state index contributed by atoms with van der Waals surface area (Å²) in [5, 5.41) is 3.17. The van der Waals surface area contributed by atoms with Crippen LogP contribution in [-0.4, -0.2) is 55.9 Å². The lowest BCUT2D eigenvalue weighted by Gasteiger charge is -2.38. The number of carbonyl (C=O) groups excluding carboxylic acids is 1. The molecule has 0 radical (unpaired) electrons. The lowest BCUT2D eigenvalue weighted by atomic mass is 9.95. The fourth-order valence-corrected chi connectivity index (χ4v) is 5.50. The van der Waals surface area contributed by atoms with Crippen molar-refractivity contribution >= 4 is 28.2 Å². The van der Waals surface area contributed by atoms with Gasteiger partial charge in [0.25, 0.3) is 0 Å². The normalized spacial score (nSPS) is 26.1. The van der Waals surface area contributed by atoms with Crippen LogP contribution >= 0.6 is 12.4 Å². The molecule has 0 aromatic heterocycles. The molecule has 1 aromatic carbocycles. The number of sulfone groups is 1. The van der Waals surface area contributed by atoms with Crippen LogP contribution in [0.3, 0.4) is 0 Å². The Kier molecular flexibility index (Phi) is 6.17. The van der Waals surface area contributed by atoms with Gasteiger partial charge in [-0.3, -0.25) is 4.79 Å². The van der Waals surface area contributed by atoms with E-state index in [4.69, 9.17) is 0 Å². The van der Waals surface area contributed by atoms with Crippen molar-refractivity contribution < 1.29 is 13.2 Å². The predicted octanol–water partition coefficient (Wildman–Crippen LogP) is 1.98. The summed E-state index contributed by atoms with van der Waals surface area (Å²) in [6.07, 6.45) is 2.83. The number of amides is 1. The molecule has 0 aliphatic carbocycles. The summed E-state index contributed by atoms with van der Waals surface area (Å²) in [5.74, 6) is 0.0842. The van der Waals surface area contributed by atoms with Gasteiger partial charge < -0.3 is 10.2 Å². The molecular weight excluding hydrogens is 360 g/mol. The number of benzene rings is 1. The molecule has 5 nitrogen and oxygen atoms in total. The van der Waals surface area contributed by atoms with Crippen LogP contribution in [0.1, 0.15) is 37.7 Å². The van der Waals surface area contributed by atoms with Crippen LogP contribution in [0.2, 0.25) is 0 Å². The number of hydrogen-bond acceptors (Lipinski definition) is 4. The van der Waals surface area contributed by atoms with Gasteiger partial charge in [-0.05, 0) is 44.8 Å². The maximum absolute atomic E-state index is 13.3. The van der Waals surface area contributed by atoms with Gasteiger partial charge in [-0.1, -0.05) is 30.3 Å². The quantitative estimate of drug-likeness (QED) is 0.862. The molecule has 2 heterocycles. The maximum atomic E-state index is 13.3. The number of nitrogens with zero attached hydrogens (tertiary/aromatic N) is 1. The summed E-state index contributed by atoms with van der Waals surface area (Å²) in [7, 11) is -3.46. The van der Waals surface area contributed by atoms with E-state index >= 15 is 0 Å². The molecule has 0 bridgehead atoms. The summed E-state index contributed by atoms with van der Waals surface area (Å²) >= 11 is 0. The maximum Gasteiger partial charge on any atom is 0.244 e. The van der Waals surface area contributed by atoms with Gasteiger partial charge in [-0.2, -0.15) is 0 Å². The Balaban J connectivity index is 0.00000225. The van der Waals surface area contributed by atoms with E-state index in [-0.39, 0.29) is 30.3 Å². The molecule has 2 saturated heterocycles. The first-order valence-electron chi connectivity index (χ1n) is 8.61. The van der Waals surface area contributed by atoms with E-state index < -0.39 is 14.6 Å². The summed E-state index contributed by atoms with van der Waals surface area (Å²) in [5.41, 5.74) is 1.22. The molecule has 1 amide bonds. The molecule has 3 rings (SSSR count). The van der Waals surface area contributed by atoms with E-state index in [2.05, 4.69) is 17.4 Å². The minimum Gasteiger partial charge on any atom is -0.338 e. The van der Waals surface area contributed by atoms with Crippen molar-refractivity contribution in [2.45, 2.75) is 42.9 Å². The lowest BCUT2D eigenvalue weighted by molar-refractivity contribution is -0.135. The highest BCUT2D eigenvalue weighted by Crippen LogP contribution is 2.37. The van der Waals surface area contributed by atoms with Gasteiger partial charge in [-0.15, -0.1) is 12.4 Å². The van der Waals surface area contributed by atoms with Crippen molar-refractivity contribution in [2.24, 2.45) is 0 Å². The number of nitrogens with one attached hydrogen (secondary N) is 1. The molecule has 2 aliphatic rings. The topological polar surface area (TPSA) is 66.5 Å². The third kappa shape index (κ3) is 3.71. The Morgan fingerprint density at radius 1 is 1.20 bits per heavy atom. The number of carbonyl (C=O) groups is 1. The van der Waals surface area contributed by atoms with E-state index in [1.807, 2.05) is 30.0 Å². The van der Waals surface area contributed by atoms with Gasteiger partial charge >= 0.3 is 0 Å². The smallest absolute Gasteiger partial charge is 0.244 e. The highest BCUT2D eigenvalue weighted by Gasteiger charge is 2.52. The number of piperidine rings is 1. The molecule has 0 saturated carbocycles. The monoisotopic (exact) mass is 386 g/mol. The first-order valence-corrected chi connectivity index (χ1v) is 10.5. The summed E-state index contributed by atoms with van der Waals surface area (Å²) in [6.45, 7) is 3.78. The second-order valence-corrected chi connectivity index (χ2v) is 9.49. The number of likely N-dealkylation sites (tertiary alicyclic amines) is 1. The number of rotatable bonds is 3. The zero-order valence-electron chi connectivity index (χ0n) is 14.8. The Hall–Kier alpha value is -1.11. The van der Waals surface area contributed by atoms with Crippen molar-refractivity contribution in [3.05, 3.63) is 35.9 Å². The zero-order chi connectivity index (χ0) is 17.4. The Bertz CT molecular complexity index is 702. The second-order valence-electron chi connectivity index (χ2n) is 7.17. The van der Waals surface area contributed by atoms with Crippen LogP contribution in [-0.2, 0) is 14.6 Å². The van der Waals surface area contributed by atoms with E-state index in [9.17, 15) is 13.2 Å². The molecule has 2 aliphatic heterocycles. The first kappa shape index (κ1) is 20.2. The molecule has 7 heteroatoms. The number of halogens is 1. The van der Waals surface area contributed by atoms with Crippen LogP contribution < -0.4 is 5.32 Å². The predicted molar refractivity (Wildman–Crippen MR) is 102 cm³/mol. The SMILES string of the molecule is CC1CC(c2ccccc2)CN1C(=O)C1(S(C)(=O)=O)CCNCC1.Cl. The third-order valence-electron chi connectivity index (χ3n) is 5.62. The average Bonchev–Trinajstić information content (AvgIpc) is 2.96. The van der Waals surface area contributed by atoms with Crippen LogP contribution in [0.25, 0.3) is 0 Å². The molecule has 2 atom stereocenters. The Morgan fingerprint density at radius 2 is 1.80 bits per heavy atom. The van der Waals surface area contributed by atoms with Crippen molar-refractivity contribution in [3.8, 4) is 0 Å². The molecule has 1 N–H and O–H groups in total. The van der Waals surface area contributed by atoms with Gasteiger partial charge in [0.1, 0.15) is 0 Å². The Labute approximate surface area is 156 Å². The summed E-state index contributed by atoms with van der Waals surface area (Å²) < 4.78 is 23.7. The van der Waals surface area contributed by atoms with Gasteiger partial charge in [0.15, 0.2) is 14.6 Å². The van der Waals surface area contributed by atoms with E-state index in [0.29, 0.717) is 32.5 Å². The minimum atomic E-state index is -3.46. The van der Waals surface area contributed by atoms with Crippen molar-refractivity contribution in [3.63, 3.8) is 0 Å². The zero-order valence-corrected chi connectivity index (χ0v) is 16.4. The molecular formula is C18H27ClN2O3S. The minimum absolute atomic E-state index is 0. The van der Waals surface area contributed by atoms with Gasteiger partial charge in [0, 0.05) is 24.8 Å². The van der Waals surface area contributed by atoms with Gasteiger partial charge in [0.2, 0.25) is 5.91 Å². The lowest BCUT2D eigenvalue weighted by Crippen LogP contribution is -2.58. The third-order valence-corrected chi connectivity index (χ3v) is 7.62. The fraction of sp³-hybridized carbons (Fsp3) is 0.611. The van der Waals surface area contributed by atoms with E-state index in [0.717, 1.165) is 6.42 Å². The van der Waals surface area contributed by atoms with Gasteiger partial charge in [0.05, 0.1) is 0 Å². The van der Waals surface area contributed by atoms with Crippen LogP contribution in [0.5, 0.6) is 0 Å². The molecule has 2 fully saturated rings. The van der Waals surface area contributed by atoms with E-state index in [1.165, 1.54) is 11.8 Å². The van der Waals surface area contributed by atoms with Crippen molar-refractivity contribution in [1.29, 1.82) is 0 Å². The molecule has 140 valence electrons. The van der Waals surface area contributed by atoms with Crippen LogP contribution in [0.15, 0.2) is 30.3 Å². The van der Waals surface area contributed by atoms with Crippen LogP contribution in [0.4, 0.5) is 0 Å².